The molecule has 0 aromatic carbocycles. The van der Waals surface area contributed by atoms with Crippen molar-refractivity contribution in [3.63, 3.8) is 0 Å². The molecule has 2 atom stereocenters. The molecule has 2 aromatic heterocycles. The number of fused-ring (bicyclic) bond motifs is 1. The molecule has 0 amide bonds. The van der Waals surface area contributed by atoms with Crippen molar-refractivity contribution in [2.24, 2.45) is 5.41 Å². The van der Waals surface area contributed by atoms with Crippen LogP contribution in [0.5, 0.6) is 0 Å². The first-order valence-electron chi connectivity index (χ1n) is 9.16. The number of thiophene rings is 1. The number of likely N-dealkylation sites (tertiary alicyclic amines) is 1. The molecule has 2 aliphatic heterocycles. The van der Waals surface area contributed by atoms with Gasteiger partial charge in [0.1, 0.15) is 0 Å². The van der Waals surface area contributed by atoms with E-state index in [0.717, 1.165) is 51.3 Å². The Hall–Kier alpha value is -1.27. The fourth-order valence-electron chi connectivity index (χ4n) is 4.22. The van der Waals surface area contributed by atoms with Crippen LogP contribution in [0.4, 0.5) is 0 Å². The van der Waals surface area contributed by atoms with Crippen molar-refractivity contribution < 1.29 is 9.47 Å². The van der Waals surface area contributed by atoms with Crippen LogP contribution in [0.3, 0.4) is 0 Å². The lowest BCUT2D eigenvalue weighted by atomic mass is 9.73. The summed E-state index contributed by atoms with van der Waals surface area (Å²) in [7, 11) is 0. The minimum Gasteiger partial charge on any atom is -0.377 e. The molecule has 0 radical (unpaired) electrons. The Balaban J connectivity index is 1.40. The highest BCUT2D eigenvalue weighted by atomic mass is 32.1. The van der Waals surface area contributed by atoms with Crippen LogP contribution in [-0.4, -0.2) is 42.3 Å². The lowest BCUT2D eigenvalue weighted by molar-refractivity contribution is -0.155. The lowest BCUT2D eigenvalue weighted by Crippen LogP contribution is -2.56. The summed E-state index contributed by atoms with van der Waals surface area (Å²) in [5.74, 6) is 0. The van der Waals surface area contributed by atoms with E-state index in [1.54, 1.807) is 17.5 Å². The monoisotopic (exact) mass is 358 g/mol. The van der Waals surface area contributed by atoms with Crippen LogP contribution in [0, 0.1) is 5.41 Å². The zero-order valence-corrected chi connectivity index (χ0v) is 15.4. The minimum absolute atomic E-state index is 0.134. The van der Waals surface area contributed by atoms with Gasteiger partial charge in [0.15, 0.2) is 0 Å². The first kappa shape index (κ1) is 17.2. The molecule has 0 aliphatic carbocycles. The molecular formula is C20H26N2O2S. The first-order valence-corrected chi connectivity index (χ1v) is 10.1. The van der Waals surface area contributed by atoms with Crippen LogP contribution in [0.1, 0.15) is 30.4 Å². The van der Waals surface area contributed by atoms with Crippen LogP contribution in [-0.2, 0) is 22.6 Å². The fraction of sp³-hybridized carbons (Fsp3) is 0.550. The Morgan fingerprint density at radius 1 is 1.36 bits per heavy atom. The second kappa shape index (κ2) is 7.96. The van der Waals surface area contributed by atoms with Gasteiger partial charge >= 0.3 is 0 Å². The normalized spacial score (nSPS) is 27.1. The summed E-state index contributed by atoms with van der Waals surface area (Å²) < 4.78 is 12.3. The number of nitrogens with zero attached hydrogens (tertiary/aromatic N) is 2. The Morgan fingerprint density at radius 2 is 2.36 bits per heavy atom. The van der Waals surface area contributed by atoms with Gasteiger partial charge < -0.3 is 9.47 Å². The van der Waals surface area contributed by atoms with Crippen molar-refractivity contribution in [2.75, 3.05) is 26.3 Å². The molecule has 4 heterocycles. The number of piperidine rings is 1. The van der Waals surface area contributed by atoms with Gasteiger partial charge in [-0.2, -0.15) is 11.3 Å². The van der Waals surface area contributed by atoms with E-state index in [1.165, 1.54) is 12.0 Å². The summed E-state index contributed by atoms with van der Waals surface area (Å²) in [5, 5.41) is 4.42. The standard InChI is InChI=1S/C20H26N2O2S/c1-3-17(11-21-7-1)13-23-16-20-6-2-9-24-19(20)4-8-22(15-20)12-18-5-10-25-14-18/h1,3,5,7,10-11,14,19H,2,4,6,8-9,12-13,15-16H2. The van der Waals surface area contributed by atoms with Gasteiger partial charge in [0.25, 0.3) is 0 Å². The maximum absolute atomic E-state index is 6.16. The molecule has 4 nitrogen and oxygen atoms in total. The van der Waals surface area contributed by atoms with Gasteiger partial charge in [-0.25, -0.2) is 0 Å². The number of aromatic nitrogens is 1. The fourth-order valence-corrected chi connectivity index (χ4v) is 4.88. The van der Waals surface area contributed by atoms with Crippen LogP contribution in [0.2, 0.25) is 0 Å². The first-order chi connectivity index (χ1) is 12.3. The Bertz CT molecular complexity index is 649. The molecule has 2 unspecified atom stereocenters. The van der Waals surface area contributed by atoms with E-state index >= 15 is 0 Å². The maximum atomic E-state index is 6.16. The van der Waals surface area contributed by atoms with E-state index in [1.807, 2.05) is 12.3 Å². The van der Waals surface area contributed by atoms with Crippen molar-refractivity contribution in [1.82, 2.24) is 9.88 Å². The highest BCUT2D eigenvalue weighted by Gasteiger charge is 2.46. The topological polar surface area (TPSA) is 34.6 Å². The molecule has 0 N–H and O–H groups in total. The molecule has 0 spiro atoms. The Labute approximate surface area is 153 Å². The van der Waals surface area contributed by atoms with Crippen LogP contribution >= 0.6 is 11.3 Å². The van der Waals surface area contributed by atoms with Crippen molar-refractivity contribution in [3.05, 3.63) is 52.5 Å². The third-order valence-corrected chi connectivity index (χ3v) is 6.17. The summed E-state index contributed by atoms with van der Waals surface area (Å²) in [6.45, 7) is 5.53. The maximum Gasteiger partial charge on any atom is 0.0732 e. The van der Waals surface area contributed by atoms with Gasteiger partial charge in [-0.05, 0) is 53.3 Å². The van der Waals surface area contributed by atoms with E-state index < -0.39 is 0 Å². The minimum atomic E-state index is 0.134. The zero-order valence-electron chi connectivity index (χ0n) is 14.6. The predicted molar refractivity (Wildman–Crippen MR) is 99.5 cm³/mol. The number of pyridine rings is 1. The SMILES string of the molecule is c1cncc(COCC23CCCOC2CCN(Cc2ccsc2)C3)c1. The largest absolute Gasteiger partial charge is 0.377 e. The van der Waals surface area contributed by atoms with E-state index in [2.05, 4.69) is 32.8 Å². The van der Waals surface area contributed by atoms with Gasteiger partial charge in [-0.3, -0.25) is 9.88 Å². The summed E-state index contributed by atoms with van der Waals surface area (Å²) in [6.07, 6.45) is 7.48. The van der Waals surface area contributed by atoms with Crippen LogP contribution in [0.25, 0.3) is 0 Å². The van der Waals surface area contributed by atoms with Crippen molar-refractivity contribution >= 4 is 11.3 Å². The summed E-state index contributed by atoms with van der Waals surface area (Å²) in [5.41, 5.74) is 2.69. The molecule has 5 heteroatoms. The third-order valence-electron chi connectivity index (χ3n) is 5.43. The second-order valence-electron chi connectivity index (χ2n) is 7.31. The second-order valence-corrected chi connectivity index (χ2v) is 8.09. The van der Waals surface area contributed by atoms with E-state index in [4.69, 9.17) is 9.47 Å². The summed E-state index contributed by atoms with van der Waals surface area (Å²) in [4.78, 5) is 6.76. The van der Waals surface area contributed by atoms with Gasteiger partial charge in [-0.1, -0.05) is 6.07 Å². The summed E-state index contributed by atoms with van der Waals surface area (Å²) >= 11 is 1.78. The molecule has 4 rings (SSSR count). The number of hydrogen-bond donors (Lipinski definition) is 0. The van der Waals surface area contributed by atoms with E-state index in [-0.39, 0.29) is 5.41 Å². The van der Waals surface area contributed by atoms with Gasteiger partial charge in [0.05, 0.1) is 19.3 Å². The van der Waals surface area contributed by atoms with E-state index in [0.29, 0.717) is 12.7 Å². The molecule has 0 bridgehead atoms. The number of ether oxygens (including phenoxy) is 2. The molecule has 25 heavy (non-hydrogen) atoms. The summed E-state index contributed by atoms with van der Waals surface area (Å²) in [6, 6.07) is 6.27. The molecule has 2 aliphatic rings. The Morgan fingerprint density at radius 3 is 3.20 bits per heavy atom. The average molecular weight is 359 g/mol. The average Bonchev–Trinajstić information content (AvgIpc) is 3.15. The van der Waals surface area contributed by atoms with Crippen molar-refractivity contribution in [2.45, 2.75) is 38.5 Å². The molecule has 2 aromatic rings. The molecule has 134 valence electrons. The third kappa shape index (κ3) is 4.11. The van der Waals surface area contributed by atoms with Gasteiger partial charge in [0, 0.05) is 44.0 Å². The van der Waals surface area contributed by atoms with Crippen molar-refractivity contribution in [1.29, 1.82) is 0 Å². The van der Waals surface area contributed by atoms with Crippen molar-refractivity contribution in [3.8, 4) is 0 Å². The molecule has 2 saturated heterocycles. The number of hydrogen-bond acceptors (Lipinski definition) is 5. The Kier molecular flexibility index (Phi) is 5.46. The van der Waals surface area contributed by atoms with Crippen LogP contribution < -0.4 is 0 Å². The highest BCUT2D eigenvalue weighted by molar-refractivity contribution is 7.07. The molecule has 0 saturated carbocycles. The number of rotatable bonds is 6. The van der Waals surface area contributed by atoms with Gasteiger partial charge in [-0.15, -0.1) is 0 Å². The van der Waals surface area contributed by atoms with Crippen LogP contribution in [0.15, 0.2) is 41.4 Å². The lowest BCUT2D eigenvalue weighted by Gasteiger charge is -2.50. The van der Waals surface area contributed by atoms with E-state index in [9.17, 15) is 0 Å². The smallest absolute Gasteiger partial charge is 0.0732 e. The highest BCUT2D eigenvalue weighted by Crippen LogP contribution is 2.41. The quantitative estimate of drug-likeness (QED) is 0.788. The zero-order chi connectivity index (χ0) is 17.0. The van der Waals surface area contributed by atoms with Gasteiger partial charge in [0.2, 0.25) is 0 Å². The molecule has 2 fully saturated rings. The predicted octanol–water partition coefficient (Wildman–Crippen LogP) is 3.73. The molecular weight excluding hydrogens is 332 g/mol.